The summed E-state index contributed by atoms with van der Waals surface area (Å²) in [6.07, 6.45) is 5.81. The predicted octanol–water partition coefficient (Wildman–Crippen LogP) is 3.50. The van der Waals surface area contributed by atoms with Gasteiger partial charge in [-0.15, -0.1) is 0 Å². The van der Waals surface area contributed by atoms with E-state index >= 15 is 0 Å². The molecule has 11 heteroatoms. The Morgan fingerprint density at radius 3 is 2.30 bits per heavy atom. The van der Waals surface area contributed by atoms with E-state index in [1.807, 2.05) is 31.2 Å². The van der Waals surface area contributed by atoms with Crippen LogP contribution in [0.15, 0.2) is 42.6 Å². The molecular weight excluding hydrogens is 542 g/mol. The highest BCUT2D eigenvalue weighted by molar-refractivity contribution is 5.97. The van der Waals surface area contributed by atoms with E-state index < -0.39 is 5.91 Å². The average molecular weight is 586 g/mol. The fourth-order valence-electron chi connectivity index (χ4n) is 6.30. The molecule has 0 atom stereocenters. The number of ether oxygens (including phenoxy) is 1. The molecular formula is C32H43N9O2. The summed E-state index contributed by atoms with van der Waals surface area (Å²) in [6, 6.07) is 13.0. The Morgan fingerprint density at radius 2 is 1.63 bits per heavy atom. The van der Waals surface area contributed by atoms with Crippen molar-refractivity contribution in [3.8, 4) is 11.4 Å². The molecule has 11 nitrogen and oxygen atoms in total. The number of amides is 1. The number of carbonyl (C=O) groups excluding carboxylic acids is 1. The Labute approximate surface area is 253 Å². The second kappa shape index (κ2) is 13.2. The zero-order valence-electron chi connectivity index (χ0n) is 25.3. The number of nitrogens with one attached hydrogen (secondary N) is 2. The molecule has 0 bridgehead atoms. The van der Waals surface area contributed by atoms with Crippen LogP contribution in [0, 0.1) is 6.92 Å². The third-order valence-corrected chi connectivity index (χ3v) is 8.94. The zero-order valence-corrected chi connectivity index (χ0v) is 25.3. The fraction of sp³-hybridized carbons (Fsp3) is 0.500. The molecule has 0 spiro atoms. The standard InChI is InChI=1S/C32H43N9O2/c1-22-4-3-13-34-27(22)28-31(36-24-11-20-43-21-12-24)38-32(29(37-28)30(33)42)35-23-5-7-25(8-6-23)40-14-9-26(10-15-40)41-18-16-39(2)17-19-41/h3-8,13,24,26H,9-12,14-21H2,1-2H3,(H2,33,42)(H2,35,36,38). The molecule has 0 radical (unpaired) electrons. The predicted molar refractivity (Wildman–Crippen MR) is 170 cm³/mol. The van der Waals surface area contributed by atoms with Gasteiger partial charge in [0.1, 0.15) is 5.69 Å². The van der Waals surface area contributed by atoms with E-state index in [1.165, 1.54) is 31.6 Å². The number of carbonyl (C=O) groups is 1. The minimum absolute atomic E-state index is 0.0765. The van der Waals surface area contributed by atoms with Crippen LogP contribution in [-0.4, -0.2) is 102 Å². The van der Waals surface area contributed by atoms with Crippen molar-refractivity contribution in [2.75, 3.05) is 75.1 Å². The van der Waals surface area contributed by atoms with Gasteiger partial charge in [0.25, 0.3) is 5.91 Å². The molecule has 3 aliphatic rings. The van der Waals surface area contributed by atoms with E-state index in [0.29, 0.717) is 42.3 Å². The highest BCUT2D eigenvalue weighted by atomic mass is 16.5. The third-order valence-electron chi connectivity index (χ3n) is 8.94. The lowest BCUT2D eigenvalue weighted by Crippen LogP contribution is -2.52. The first-order valence-corrected chi connectivity index (χ1v) is 15.5. The number of benzene rings is 1. The van der Waals surface area contributed by atoms with Crippen LogP contribution < -0.4 is 21.3 Å². The first-order valence-electron chi connectivity index (χ1n) is 15.5. The Kier molecular flexibility index (Phi) is 9.01. The maximum atomic E-state index is 12.6. The van der Waals surface area contributed by atoms with Crippen LogP contribution in [0.2, 0.25) is 0 Å². The highest BCUT2D eigenvalue weighted by Crippen LogP contribution is 2.32. The summed E-state index contributed by atoms with van der Waals surface area (Å²) in [7, 11) is 2.21. The van der Waals surface area contributed by atoms with Crippen LogP contribution in [0.4, 0.5) is 23.0 Å². The number of hydrogen-bond acceptors (Lipinski definition) is 10. The van der Waals surface area contributed by atoms with Gasteiger partial charge in [-0.2, -0.15) is 0 Å². The monoisotopic (exact) mass is 585 g/mol. The van der Waals surface area contributed by atoms with Crippen molar-refractivity contribution in [3.05, 3.63) is 53.9 Å². The third kappa shape index (κ3) is 6.90. The van der Waals surface area contributed by atoms with Gasteiger partial charge in [0, 0.05) is 82.1 Å². The molecule has 228 valence electrons. The number of nitrogens with zero attached hydrogens (tertiary/aromatic N) is 6. The maximum Gasteiger partial charge on any atom is 0.271 e. The van der Waals surface area contributed by atoms with Crippen molar-refractivity contribution in [2.24, 2.45) is 5.73 Å². The van der Waals surface area contributed by atoms with Crippen LogP contribution in [0.3, 0.4) is 0 Å². The summed E-state index contributed by atoms with van der Waals surface area (Å²) in [5.74, 6) is 0.239. The SMILES string of the molecule is Cc1cccnc1-c1nc(C(N)=O)c(Nc2ccc(N3CCC(N4CCN(C)CC4)CC3)cc2)nc1NC1CCOCC1. The number of piperazine rings is 1. The van der Waals surface area contributed by atoms with Crippen LogP contribution >= 0.6 is 0 Å². The summed E-state index contributed by atoms with van der Waals surface area (Å²) in [5, 5.41) is 6.87. The first kappa shape index (κ1) is 29.3. The van der Waals surface area contributed by atoms with Crippen molar-refractivity contribution in [1.82, 2.24) is 24.8 Å². The van der Waals surface area contributed by atoms with E-state index in [9.17, 15) is 4.79 Å². The number of primary amides is 1. The lowest BCUT2D eigenvalue weighted by atomic mass is 10.0. The first-order chi connectivity index (χ1) is 20.9. The molecule has 3 saturated heterocycles. The normalized spacial score (nSPS) is 19.3. The molecule has 5 heterocycles. The zero-order chi connectivity index (χ0) is 29.8. The van der Waals surface area contributed by atoms with Gasteiger partial charge in [0.15, 0.2) is 17.3 Å². The molecule has 3 fully saturated rings. The van der Waals surface area contributed by atoms with Gasteiger partial charge in [0.2, 0.25) is 0 Å². The molecule has 0 unspecified atom stereocenters. The van der Waals surface area contributed by atoms with Crippen molar-refractivity contribution >= 4 is 28.9 Å². The van der Waals surface area contributed by atoms with E-state index in [2.05, 4.69) is 49.5 Å². The molecule has 4 N–H and O–H groups in total. The number of nitrogens with two attached hydrogens (primary N) is 1. The lowest BCUT2D eigenvalue weighted by Gasteiger charge is -2.42. The van der Waals surface area contributed by atoms with Gasteiger partial charge in [-0.25, -0.2) is 9.97 Å². The van der Waals surface area contributed by atoms with Gasteiger partial charge in [-0.1, -0.05) is 6.07 Å². The summed E-state index contributed by atoms with van der Waals surface area (Å²) in [4.78, 5) is 34.3. The molecule has 0 saturated carbocycles. The topological polar surface area (TPSA) is 125 Å². The summed E-state index contributed by atoms with van der Waals surface area (Å²) in [5.41, 5.74) is 10.0. The molecule has 3 aromatic rings. The molecule has 0 aliphatic carbocycles. The molecule has 3 aliphatic heterocycles. The average Bonchev–Trinajstić information content (AvgIpc) is 3.03. The number of aromatic nitrogens is 3. The molecule has 43 heavy (non-hydrogen) atoms. The largest absolute Gasteiger partial charge is 0.381 e. The molecule has 6 rings (SSSR count). The second-order valence-electron chi connectivity index (χ2n) is 11.9. The minimum atomic E-state index is -0.651. The molecule has 1 aromatic carbocycles. The van der Waals surface area contributed by atoms with Crippen molar-refractivity contribution < 1.29 is 9.53 Å². The highest BCUT2D eigenvalue weighted by Gasteiger charge is 2.27. The number of aryl methyl sites for hydroxylation is 1. The van der Waals surface area contributed by atoms with E-state index in [4.69, 9.17) is 20.4 Å². The number of rotatable bonds is 8. The number of pyridine rings is 1. The van der Waals surface area contributed by atoms with Gasteiger partial charge < -0.3 is 30.9 Å². The number of likely N-dealkylation sites (N-methyl/N-ethyl adjacent to an activating group) is 1. The quantitative estimate of drug-likeness (QED) is 0.362. The Morgan fingerprint density at radius 1 is 0.907 bits per heavy atom. The number of anilines is 4. The summed E-state index contributed by atoms with van der Waals surface area (Å²) >= 11 is 0. The maximum absolute atomic E-state index is 12.6. The number of piperidine rings is 1. The molecule has 1 amide bonds. The Hall–Kier alpha value is -3.80. The smallest absolute Gasteiger partial charge is 0.271 e. The van der Waals surface area contributed by atoms with Gasteiger partial charge in [-0.05, 0) is 75.5 Å². The number of hydrogen-bond donors (Lipinski definition) is 3. The van der Waals surface area contributed by atoms with Crippen LogP contribution in [0.25, 0.3) is 11.4 Å². The summed E-state index contributed by atoms with van der Waals surface area (Å²) in [6.45, 7) is 10.1. The second-order valence-corrected chi connectivity index (χ2v) is 11.9. The lowest BCUT2D eigenvalue weighted by molar-refractivity contribution is 0.0904. The van der Waals surface area contributed by atoms with Crippen molar-refractivity contribution in [1.29, 1.82) is 0 Å². The van der Waals surface area contributed by atoms with Crippen molar-refractivity contribution in [3.63, 3.8) is 0 Å². The van der Waals surface area contributed by atoms with Gasteiger partial charge in [-0.3, -0.25) is 14.7 Å². The fourth-order valence-corrected chi connectivity index (χ4v) is 6.30. The Bertz CT molecular complexity index is 1390. The van der Waals surface area contributed by atoms with Gasteiger partial charge >= 0.3 is 0 Å². The molecule has 2 aromatic heterocycles. The van der Waals surface area contributed by atoms with E-state index in [-0.39, 0.29) is 11.7 Å². The van der Waals surface area contributed by atoms with Crippen molar-refractivity contribution in [2.45, 2.75) is 44.7 Å². The van der Waals surface area contributed by atoms with E-state index in [0.717, 1.165) is 50.3 Å². The van der Waals surface area contributed by atoms with E-state index in [1.54, 1.807) is 6.20 Å². The summed E-state index contributed by atoms with van der Waals surface area (Å²) < 4.78 is 5.55. The van der Waals surface area contributed by atoms with Crippen LogP contribution in [-0.2, 0) is 4.74 Å². The van der Waals surface area contributed by atoms with Crippen LogP contribution in [0.1, 0.15) is 41.7 Å². The van der Waals surface area contributed by atoms with Gasteiger partial charge in [0.05, 0.1) is 5.69 Å². The minimum Gasteiger partial charge on any atom is -0.381 e. The Balaban J connectivity index is 1.20. The van der Waals surface area contributed by atoms with Crippen LogP contribution in [0.5, 0.6) is 0 Å².